The number of hydrogen-bond acceptors (Lipinski definition) is 4. The maximum Gasteiger partial charge on any atom is 0.407 e. The number of hydrogen-bond donors (Lipinski definition) is 1. The van der Waals surface area contributed by atoms with Gasteiger partial charge >= 0.3 is 12.1 Å². The highest BCUT2D eigenvalue weighted by atomic mass is 16.5. The van der Waals surface area contributed by atoms with Gasteiger partial charge in [0.2, 0.25) is 0 Å². The topological polar surface area (TPSA) is 76.1 Å². The number of carbonyl (C=O) groups is 2. The third-order valence-electron chi connectivity index (χ3n) is 3.51. The van der Waals surface area contributed by atoms with Gasteiger partial charge < -0.3 is 19.5 Å². The van der Waals surface area contributed by atoms with Crippen LogP contribution in [-0.2, 0) is 16.0 Å². The molecule has 1 N–H and O–H groups in total. The summed E-state index contributed by atoms with van der Waals surface area (Å²) in [4.78, 5) is 23.4. The first-order valence-corrected chi connectivity index (χ1v) is 6.89. The van der Waals surface area contributed by atoms with Crippen molar-refractivity contribution < 1.29 is 24.2 Å². The van der Waals surface area contributed by atoms with Crippen molar-refractivity contribution in [3.8, 4) is 5.75 Å². The van der Waals surface area contributed by atoms with E-state index in [1.165, 1.54) is 12.0 Å². The minimum absolute atomic E-state index is 0.0343. The molecule has 1 fully saturated rings. The molecule has 21 heavy (non-hydrogen) atoms. The zero-order valence-corrected chi connectivity index (χ0v) is 11.9. The average molecular weight is 293 g/mol. The second kappa shape index (κ2) is 6.97. The number of piperidine rings is 1. The van der Waals surface area contributed by atoms with Gasteiger partial charge in [0, 0.05) is 25.9 Å². The van der Waals surface area contributed by atoms with Gasteiger partial charge in [0.1, 0.15) is 11.9 Å². The molecule has 1 aromatic carbocycles. The van der Waals surface area contributed by atoms with Crippen LogP contribution in [0.25, 0.3) is 0 Å². The number of rotatable bonds is 4. The van der Waals surface area contributed by atoms with E-state index >= 15 is 0 Å². The highest BCUT2D eigenvalue weighted by Gasteiger charge is 2.23. The molecule has 0 radical (unpaired) electrons. The average Bonchev–Trinajstić information content (AvgIpc) is 2.49. The summed E-state index contributed by atoms with van der Waals surface area (Å²) >= 11 is 0. The molecule has 0 saturated carbocycles. The number of nitrogens with zero attached hydrogens (tertiary/aromatic N) is 1. The van der Waals surface area contributed by atoms with Crippen molar-refractivity contribution in [2.75, 3.05) is 20.2 Å². The van der Waals surface area contributed by atoms with Gasteiger partial charge in [-0.25, -0.2) is 4.79 Å². The number of ether oxygens (including phenoxy) is 2. The van der Waals surface area contributed by atoms with Crippen LogP contribution in [0.2, 0.25) is 0 Å². The Kier molecular flexibility index (Phi) is 5.03. The Bertz CT molecular complexity index is 491. The second-order valence-corrected chi connectivity index (χ2v) is 4.98. The van der Waals surface area contributed by atoms with Crippen LogP contribution in [0.4, 0.5) is 4.79 Å². The molecule has 114 valence electrons. The first kappa shape index (κ1) is 15.2. The second-order valence-electron chi connectivity index (χ2n) is 4.98. The molecule has 0 unspecified atom stereocenters. The highest BCUT2D eigenvalue weighted by molar-refractivity contribution is 5.72. The maximum absolute atomic E-state index is 11.2. The fraction of sp³-hybridized carbons (Fsp3) is 0.467. The van der Waals surface area contributed by atoms with Gasteiger partial charge in [-0.05, 0) is 17.7 Å². The van der Waals surface area contributed by atoms with Gasteiger partial charge in [-0.3, -0.25) is 4.79 Å². The van der Waals surface area contributed by atoms with Crippen molar-refractivity contribution in [1.29, 1.82) is 0 Å². The monoisotopic (exact) mass is 293 g/mol. The zero-order chi connectivity index (χ0) is 15.2. The van der Waals surface area contributed by atoms with Crippen LogP contribution in [0.1, 0.15) is 18.4 Å². The van der Waals surface area contributed by atoms with Gasteiger partial charge in [-0.1, -0.05) is 12.1 Å². The van der Waals surface area contributed by atoms with E-state index in [0.717, 1.165) is 11.3 Å². The molecule has 0 spiro atoms. The quantitative estimate of drug-likeness (QED) is 0.858. The van der Waals surface area contributed by atoms with Crippen molar-refractivity contribution >= 4 is 12.1 Å². The highest BCUT2D eigenvalue weighted by Crippen LogP contribution is 2.20. The standard InChI is InChI=1S/C15H19NO5/c1-20-14(17)10-11-2-4-12(5-3-11)21-13-6-8-16(9-7-13)15(18)19/h2-5,13H,6-10H2,1H3,(H,18,19). The van der Waals surface area contributed by atoms with E-state index in [1.54, 1.807) is 0 Å². The molecule has 1 aliphatic rings. The van der Waals surface area contributed by atoms with Crippen molar-refractivity contribution in [3.05, 3.63) is 29.8 Å². The van der Waals surface area contributed by atoms with Crippen LogP contribution in [0.15, 0.2) is 24.3 Å². The third kappa shape index (κ3) is 4.37. The number of benzene rings is 1. The first-order chi connectivity index (χ1) is 10.1. The molecule has 6 nitrogen and oxygen atoms in total. The summed E-state index contributed by atoms with van der Waals surface area (Å²) in [6.45, 7) is 1.00. The summed E-state index contributed by atoms with van der Waals surface area (Å²) in [6.07, 6.45) is 0.785. The Morgan fingerprint density at radius 2 is 1.86 bits per heavy atom. The van der Waals surface area contributed by atoms with Crippen LogP contribution in [0.3, 0.4) is 0 Å². The van der Waals surface area contributed by atoms with E-state index in [0.29, 0.717) is 25.9 Å². The number of esters is 1. The van der Waals surface area contributed by atoms with Crippen LogP contribution in [0, 0.1) is 0 Å². The minimum atomic E-state index is -0.874. The Labute approximate surface area is 123 Å². The van der Waals surface area contributed by atoms with Crippen molar-refractivity contribution in [3.63, 3.8) is 0 Å². The summed E-state index contributed by atoms with van der Waals surface area (Å²) in [5.41, 5.74) is 0.870. The third-order valence-corrected chi connectivity index (χ3v) is 3.51. The maximum atomic E-state index is 11.2. The van der Waals surface area contributed by atoms with Gasteiger partial charge in [0.05, 0.1) is 13.5 Å². The van der Waals surface area contributed by atoms with E-state index in [-0.39, 0.29) is 18.5 Å². The first-order valence-electron chi connectivity index (χ1n) is 6.89. The Hall–Kier alpha value is -2.24. The number of likely N-dealkylation sites (tertiary alicyclic amines) is 1. The molecule has 2 rings (SSSR count). The zero-order valence-electron chi connectivity index (χ0n) is 11.9. The largest absolute Gasteiger partial charge is 0.490 e. The van der Waals surface area contributed by atoms with Crippen LogP contribution in [0.5, 0.6) is 5.75 Å². The van der Waals surface area contributed by atoms with Crippen LogP contribution >= 0.6 is 0 Å². The fourth-order valence-electron chi connectivity index (χ4n) is 2.28. The lowest BCUT2D eigenvalue weighted by Gasteiger charge is -2.30. The van der Waals surface area contributed by atoms with Gasteiger partial charge in [0.15, 0.2) is 0 Å². The summed E-state index contributed by atoms with van der Waals surface area (Å²) in [7, 11) is 1.36. The lowest BCUT2D eigenvalue weighted by Crippen LogP contribution is -2.41. The molecule has 6 heteroatoms. The summed E-state index contributed by atoms with van der Waals surface area (Å²) in [5.74, 6) is 0.460. The van der Waals surface area contributed by atoms with E-state index < -0.39 is 6.09 Å². The van der Waals surface area contributed by atoms with Crippen molar-refractivity contribution in [1.82, 2.24) is 4.90 Å². The van der Waals surface area contributed by atoms with Crippen molar-refractivity contribution in [2.24, 2.45) is 0 Å². The SMILES string of the molecule is COC(=O)Cc1ccc(OC2CCN(C(=O)O)CC2)cc1. The van der Waals surface area contributed by atoms with Crippen molar-refractivity contribution in [2.45, 2.75) is 25.4 Å². The summed E-state index contributed by atoms with van der Waals surface area (Å²) in [5, 5.41) is 8.88. The molecule has 1 aliphatic heterocycles. The molecule has 0 atom stereocenters. The number of carbonyl (C=O) groups excluding carboxylic acids is 1. The molecule has 1 amide bonds. The van der Waals surface area contributed by atoms with Gasteiger partial charge in [-0.15, -0.1) is 0 Å². The molecular formula is C15H19NO5. The Morgan fingerprint density at radius 3 is 2.38 bits per heavy atom. The van der Waals surface area contributed by atoms with E-state index in [1.807, 2.05) is 24.3 Å². The number of carboxylic acid groups (broad SMARTS) is 1. The van der Waals surface area contributed by atoms with Crippen LogP contribution in [-0.4, -0.2) is 48.4 Å². The number of methoxy groups -OCH3 is 1. The lowest BCUT2D eigenvalue weighted by atomic mass is 10.1. The van der Waals surface area contributed by atoms with E-state index in [9.17, 15) is 9.59 Å². The molecular weight excluding hydrogens is 274 g/mol. The van der Waals surface area contributed by atoms with E-state index in [4.69, 9.17) is 9.84 Å². The van der Waals surface area contributed by atoms with Gasteiger partial charge in [-0.2, -0.15) is 0 Å². The molecule has 0 aliphatic carbocycles. The molecule has 1 heterocycles. The van der Waals surface area contributed by atoms with E-state index in [2.05, 4.69) is 4.74 Å². The Morgan fingerprint density at radius 1 is 1.24 bits per heavy atom. The predicted molar refractivity (Wildman–Crippen MR) is 75.4 cm³/mol. The molecule has 0 bridgehead atoms. The molecule has 1 saturated heterocycles. The normalized spacial score (nSPS) is 15.6. The Balaban J connectivity index is 1.84. The predicted octanol–water partition coefficient (Wildman–Crippen LogP) is 1.92. The fourth-order valence-corrected chi connectivity index (χ4v) is 2.28. The lowest BCUT2D eigenvalue weighted by molar-refractivity contribution is -0.139. The minimum Gasteiger partial charge on any atom is -0.490 e. The molecule has 0 aromatic heterocycles. The van der Waals surface area contributed by atoms with Gasteiger partial charge in [0.25, 0.3) is 0 Å². The summed E-state index contributed by atoms with van der Waals surface area (Å²) in [6, 6.07) is 7.31. The summed E-state index contributed by atoms with van der Waals surface area (Å²) < 4.78 is 10.4. The molecule has 1 aromatic rings. The number of amides is 1. The smallest absolute Gasteiger partial charge is 0.407 e. The van der Waals surface area contributed by atoms with Crippen LogP contribution < -0.4 is 4.74 Å².